The van der Waals surface area contributed by atoms with E-state index >= 15 is 0 Å². The van der Waals surface area contributed by atoms with Crippen LogP contribution in [0.2, 0.25) is 0 Å². The summed E-state index contributed by atoms with van der Waals surface area (Å²) in [5.74, 6) is 0.129. The summed E-state index contributed by atoms with van der Waals surface area (Å²) in [5.41, 5.74) is 14.3. The fraction of sp³-hybridized carbons (Fsp3) is 0.111. The largest absolute Gasteiger partial charge is 0.370 e. The van der Waals surface area contributed by atoms with Crippen LogP contribution in [0.1, 0.15) is 21.5 Å². The number of hydrogen-bond acceptors (Lipinski definition) is 4. The Bertz CT molecular complexity index is 971. The Balaban J connectivity index is 1.92. The van der Waals surface area contributed by atoms with Crippen molar-refractivity contribution in [1.82, 2.24) is 10.1 Å². The number of carbonyl (C=O) groups excluding carboxylic acids is 1. The van der Waals surface area contributed by atoms with Gasteiger partial charge in [-0.25, -0.2) is 0 Å². The van der Waals surface area contributed by atoms with Gasteiger partial charge in [0.1, 0.15) is 0 Å². The molecule has 0 aliphatic rings. The molecule has 0 bridgehead atoms. The highest BCUT2D eigenvalue weighted by molar-refractivity contribution is 6.03. The summed E-state index contributed by atoms with van der Waals surface area (Å²) < 4.78 is 5.35. The van der Waals surface area contributed by atoms with Crippen molar-refractivity contribution in [2.75, 3.05) is 0 Å². The summed E-state index contributed by atoms with van der Waals surface area (Å²) in [5, 5.41) is 4.02. The maximum atomic E-state index is 11.9. The van der Waals surface area contributed by atoms with E-state index in [0.717, 1.165) is 22.3 Å². The number of hydrogen-bond donors (Lipinski definition) is 2. The van der Waals surface area contributed by atoms with Gasteiger partial charge < -0.3 is 16.0 Å². The molecule has 4 N–H and O–H groups in total. The van der Waals surface area contributed by atoms with E-state index in [0.29, 0.717) is 17.3 Å². The van der Waals surface area contributed by atoms with Crippen LogP contribution in [-0.4, -0.2) is 22.0 Å². The van der Waals surface area contributed by atoms with Crippen LogP contribution in [-0.2, 0) is 0 Å². The van der Waals surface area contributed by atoms with Crippen LogP contribution in [0.5, 0.6) is 0 Å². The van der Waals surface area contributed by atoms with Crippen LogP contribution < -0.4 is 11.5 Å². The molecule has 7 nitrogen and oxygen atoms in total. The highest BCUT2D eigenvalue weighted by Crippen LogP contribution is 2.24. The number of aromatic nitrogens is 2. The SMILES string of the molecule is Cc1cccc(-c2nc(-c3ccc(C(=O)N=C(N)N)c(C)c3)no2)c1. The molecular weight excluding hydrogens is 318 g/mol. The second-order valence-corrected chi connectivity index (χ2v) is 5.66. The van der Waals surface area contributed by atoms with E-state index in [2.05, 4.69) is 15.1 Å². The molecule has 1 amide bonds. The smallest absolute Gasteiger partial charge is 0.280 e. The van der Waals surface area contributed by atoms with Crippen LogP contribution in [0.3, 0.4) is 0 Å². The molecule has 1 heterocycles. The molecular formula is C18H17N5O2. The number of aryl methyl sites for hydroxylation is 2. The van der Waals surface area contributed by atoms with E-state index in [1.54, 1.807) is 25.1 Å². The van der Waals surface area contributed by atoms with Crippen LogP contribution in [0.25, 0.3) is 22.8 Å². The zero-order valence-corrected chi connectivity index (χ0v) is 13.9. The number of aliphatic imine (C=N–C) groups is 1. The van der Waals surface area contributed by atoms with E-state index in [9.17, 15) is 4.79 Å². The second-order valence-electron chi connectivity index (χ2n) is 5.66. The highest BCUT2D eigenvalue weighted by atomic mass is 16.5. The molecule has 0 saturated carbocycles. The highest BCUT2D eigenvalue weighted by Gasteiger charge is 2.14. The Morgan fingerprint density at radius 1 is 1.08 bits per heavy atom. The van der Waals surface area contributed by atoms with Crippen molar-refractivity contribution < 1.29 is 9.32 Å². The standard InChI is InChI=1S/C18H17N5O2/c1-10-4-3-5-13(8-10)17-21-15(23-25-17)12-6-7-14(11(2)9-12)16(24)22-18(19)20/h3-9H,1-2H3,(H4,19,20,22,24). The fourth-order valence-corrected chi connectivity index (χ4v) is 2.46. The average Bonchev–Trinajstić information content (AvgIpc) is 3.04. The minimum absolute atomic E-state index is 0.269. The lowest BCUT2D eigenvalue weighted by Gasteiger charge is -2.03. The monoisotopic (exact) mass is 335 g/mol. The number of nitrogens with zero attached hydrogens (tertiary/aromatic N) is 3. The van der Waals surface area contributed by atoms with Crippen LogP contribution >= 0.6 is 0 Å². The van der Waals surface area contributed by atoms with Gasteiger partial charge in [0, 0.05) is 16.7 Å². The lowest BCUT2D eigenvalue weighted by molar-refractivity contribution is 0.100. The van der Waals surface area contributed by atoms with Crippen molar-refractivity contribution in [3.8, 4) is 22.8 Å². The molecule has 0 fully saturated rings. The molecule has 1 aromatic heterocycles. The number of rotatable bonds is 3. The minimum atomic E-state index is -0.488. The van der Waals surface area contributed by atoms with Gasteiger partial charge in [0.15, 0.2) is 5.96 Å². The average molecular weight is 335 g/mol. The first-order valence-electron chi connectivity index (χ1n) is 7.60. The zero-order valence-electron chi connectivity index (χ0n) is 13.9. The van der Waals surface area contributed by atoms with E-state index in [4.69, 9.17) is 16.0 Å². The van der Waals surface area contributed by atoms with Gasteiger partial charge in [-0.3, -0.25) is 4.79 Å². The minimum Gasteiger partial charge on any atom is -0.370 e. The Kier molecular flexibility index (Phi) is 4.30. The van der Waals surface area contributed by atoms with Crippen molar-refractivity contribution in [3.63, 3.8) is 0 Å². The van der Waals surface area contributed by atoms with Crippen molar-refractivity contribution in [2.45, 2.75) is 13.8 Å². The van der Waals surface area contributed by atoms with Gasteiger partial charge in [0.05, 0.1) is 0 Å². The van der Waals surface area contributed by atoms with Gasteiger partial charge in [0.2, 0.25) is 5.82 Å². The van der Waals surface area contributed by atoms with Gasteiger partial charge in [-0.15, -0.1) is 0 Å². The lowest BCUT2D eigenvalue weighted by atomic mass is 10.0. The first-order chi connectivity index (χ1) is 11.9. The van der Waals surface area contributed by atoms with Crippen molar-refractivity contribution >= 4 is 11.9 Å². The molecule has 0 unspecified atom stereocenters. The van der Waals surface area contributed by atoms with E-state index in [1.165, 1.54) is 0 Å². The second kappa shape index (κ2) is 6.56. The molecule has 0 atom stereocenters. The number of benzene rings is 2. The number of amides is 1. The predicted octanol–water partition coefficient (Wildman–Crippen LogP) is 2.43. The van der Waals surface area contributed by atoms with Crippen LogP contribution in [0, 0.1) is 13.8 Å². The van der Waals surface area contributed by atoms with E-state index in [1.807, 2.05) is 31.2 Å². The van der Waals surface area contributed by atoms with Crippen LogP contribution in [0.4, 0.5) is 0 Å². The van der Waals surface area contributed by atoms with E-state index < -0.39 is 5.91 Å². The maximum Gasteiger partial charge on any atom is 0.280 e. The number of guanidine groups is 1. The summed E-state index contributed by atoms with van der Waals surface area (Å²) in [6.45, 7) is 3.79. The molecule has 2 aromatic carbocycles. The molecule has 7 heteroatoms. The van der Waals surface area contributed by atoms with E-state index in [-0.39, 0.29) is 5.96 Å². The quantitative estimate of drug-likeness (QED) is 0.560. The molecule has 0 spiro atoms. The lowest BCUT2D eigenvalue weighted by Crippen LogP contribution is -2.24. The predicted molar refractivity (Wildman–Crippen MR) is 94.8 cm³/mol. The van der Waals surface area contributed by atoms with Crippen molar-refractivity contribution in [1.29, 1.82) is 0 Å². The summed E-state index contributed by atoms with van der Waals surface area (Å²) in [6, 6.07) is 13.0. The molecule has 25 heavy (non-hydrogen) atoms. The molecule has 0 aliphatic heterocycles. The molecule has 126 valence electrons. The summed E-state index contributed by atoms with van der Waals surface area (Å²) >= 11 is 0. The molecule has 3 aromatic rings. The number of nitrogens with two attached hydrogens (primary N) is 2. The van der Waals surface area contributed by atoms with Crippen LogP contribution in [0.15, 0.2) is 52.0 Å². The Morgan fingerprint density at radius 3 is 2.56 bits per heavy atom. The first kappa shape index (κ1) is 16.4. The third kappa shape index (κ3) is 3.55. The van der Waals surface area contributed by atoms with Crippen molar-refractivity contribution in [2.24, 2.45) is 16.5 Å². The van der Waals surface area contributed by atoms with Gasteiger partial charge in [0.25, 0.3) is 11.8 Å². The Labute approximate surface area is 144 Å². The summed E-state index contributed by atoms with van der Waals surface area (Å²) in [6.07, 6.45) is 0. The molecule has 0 aliphatic carbocycles. The first-order valence-corrected chi connectivity index (χ1v) is 7.60. The normalized spacial score (nSPS) is 10.5. The Morgan fingerprint density at radius 2 is 1.88 bits per heavy atom. The number of carbonyl (C=O) groups is 1. The fourth-order valence-electron chi connectivity index (χ4n) is 2.46. The third-order valence-electron chi connectivity index (χ3n) is 3.64. The topological polar surface area (TPSA) is 120 Å². The van der Waals surface area contributed by atoms with Gasteiger partial charge in [-0.05, 0) is 43.7 Å². The van der Waals surface area contributed by atoms with Gasteiger partial charge in [-0.2, -0.15) is 9.98 Å². The Hall–Kier alpha value is -3.48. The van der Waals surface area contributed by atoms with Crippen molar-refractivity contribution in [3.05, 3.63) is 59.2 Å². The summed E-state index contributed by atoms with van der Waals surface area (Å²) in [4.78, 5) is 19.9. The molecule has 0 saturated heterocycles. The van der Waals surface area contributed by atoms with Gasteiger partial charge >= 0.3 is 0 Å². The maximum absolute atomic E-state index is 11.9. The molecule has 0 radical (unpaired) electrons. The molecule has 3 rings (SSSR count). The third-order valence-corrected chi connectivity index (χ3v) is 3.64. The summed E-state index contributed by atoms with van der Waals surface area (Å²) in [7, 11) is 0. The van der Waals surface area contributed by atoms with Gasteiger partial charge in [-0.1, -0.05) is 28.9 Å². The zero-order chi connectivity index (χ0) is 18.0.